The highest BCUT2D eigenvalue weighted by atomic mass is 32.2. The molecule has 154 valence electrons. The topological polar surface area (TPSA) is 92.0 Å². The van der Waals surface area contributed by atoms with Crippen LogP contribution in [0, 0.1) is 5.82 Å². The van der Waals surface area contributed by atoms with Gasteiger partial charge in [-0.15, -0.1) is 0 Å². The Labute approximate surface area is 172 Å². The van der Waals surface area contributed by atoms with Crippen LogP contribution >= 0.6 is 0 Å². The number of furan rings is 1. The van der Waals surface area contributed by atoms with Gasteiger partial charge in [-0.1, -0.05) is 24.3 Å². The van der Waals surface area contributed by atoms with Gasteiger partial charge >= 0.3 is 5.91 Å². The van der Waals surface area contributed by atoms with Crippen LogP contribution in [0.3, 0.4) is 0 Å². The number of nitrogens with zero attached hydrogens (tertiary/aromatic N) is 2. The standard InChI is InChI=1S/C21H18FN3O4S/c1-30(27,28)24-17-5-2-4-15(12-17)18-13-19(14-7-9-16(22)10-8-14)25(23-18)21(26)20-6-3-11-29-20/h2-12,19,24H,13H2,1H3/t19-/m0/s1. The molecular weight excluding hydrogens is 409 g/mol. The van der Waals surface area contributed by atoms with Crippen LogP contribution in [0.4, 0.5) is 10.1 Å². The smallest absolute Gasteiger partial charge is 0.310 e. The summed E-state index contributed by atoms with van der Waals surface area (Å²) in [4.78, 5) is 12.9. The number of benzene rings is 2. The Kier molecular flexibility index (Phi) is 5.13. The fraction of sp³-hybridized carbons (Fsp3) is 0.143. The molecule has 1 aliphatic rings. The number of hydrazone groups is 1. The molecule has 1 atom stereocenters. The summed E-state index contributed by atoms with van der Waals surface area (Å²) in [6.07, 6.45) is 2.85. The summed E-state index contributed by atoms with van der Waals surface area (Å²) < 4.78 is 44.1. The molecule has 0 saturated carbocycles. The summed E-state index contributed by atoms with van der Waals surface area (Å²) in [7, 11) is -3.43. The first-order valence-corrected chi connectivity index (χ1v) is 11.0. The predicted molar refractivity (Wildman–Crippen MR) is 110 cm³/mol. The fourth-order valence-electron chi connectivity index (χ4n) is 3.31. The molecule has 7 nitrogen and oxygen atoms in total. The number of carbonyl (C=O) groups is 1. The van der Waals surface area contributed by atoms with Crippen LogP contribution < -0.4 is 4.72 Å². The minimum Gasteiger partial charge on any atom is -0.459 e. The van der Waals surface area contributed by atoms with E-state index in [9.17, 15) is 17.6 Å². The summed E-state index contributed by atoms with van der Waals surface area (Å²) in [6.45, 7) is 0. The van der Waals surface area contributed by atoms with Gasteiger partial charge in [0.2, 0.25) is 10.0 Å². The Balaban J connectivity index is 1.70. The minimum absolute atomic E-state index is 0.139. The third kappa shape index (κ3) is 4.25. The van der Waals surface area contributed by atoms with Gasteiger partial charge < -0.3 is 4.42 Å². The Morgan fingerprint density at radius 2 is 1.93 bits per heavy atom. The second kappa shape index (κ2) is 7.75. The van der Waals surface area contributed by atoms with Gasteiger partial charge in [0.1, 0.15) is 5.82 Å². The quantitative estimate of drug-likeness (QED) is 0.671. The second-order valence-electron chi connectivity index (χ2n) is 6.90. The van der Waals surface area contributed by atoms with Crippen molar-refractivity contribution in [1.29, 1.82) is 0 Å². The van der Waals surface area contributed by atoms with Crippen molar-refractivity contribution in [1.82, 2.24) is 5.01 Å². The van der Waals surface area contributed by atoms with Gasteiger partial charge in [-0.25, -0.2) is 17.8 Å². The first-order chi connectivity index (χ1) is 14.3. The molecule has 0 unspecified atom stereocenters. The van der Waals surface area contributed by atoms with Crippen LogP contribution in [0.2, 0.25) is 0 Å². The molecule has 0 aliphatic carbocycles. The summed E-state index contributed by atoms with van der Waals surface area (Å²) in [5, 5.41) is 5.82. The predicted octanol–water partition coefficient (Wildman–Crippen LogP) is 3.78. The first kappa shape index (κ1) is 19.8. The molecule has 2 aromatic carbocycles. The average Bonchev–Trinajstić information content (AvgIpc) is 3.37. The SMILES string of the molecule is CS(=O)(=O)Nc1cccc(C2=NN(C(=O)c3ccco3)[C@H](c3ccc(F)cc3)C2)c1. The molecule has 0 bridgehead atoms. The number of sulfonamides is 1. The molecule has 2 heterocycles. The van der Waals surface area contributed by atoms with E-state index in [4.69, 9.17) is 4.42 Å². The lowest BCUT2D eigenvalue weighted by Gasteiger charge is -2.21. The van der Waals surface area contributed by atoms with E-state index in [0.29, 0.717) is 23.4 Å². The molecule has 1 N–H and O–H groups in total. The number of hydrogen-bond acceptors (Lipinski definition) is 5. The number of hydrogen-bond donors (Lipinski definition) is 1. The van der Waals surface area contributed by atoms with E-state index in [1.54, 1.807) is 48.5 Å². The van der Waals surface area contributed by atoms with E-state index >= 15 is 0 Å². The first-order valence-electron chi connectivity index (χ1n) is 9.08. The highest BCUT2D eigenvalue weighted by molar-refractivity contribution is 7.92. The highest BCUT2D eigenvalue weighted by Crippen LogP contribution is 2.34. The number of carbonyl (C=O) groups excluding carboxylic acids is 1. The molecule has 4 rings (SSSR count). The number of nitrogens with one attached hydrogen (secondary N) is 1. The molecule has 0 spiro atoms. The maximum atomic E-state index is 13.4. The Morgan fingerprint density at radius 1 is 1.17 bits per heavy atom. The van der Waals surface area contributed by atoms with Crippen LogP contribution in [-0.4, -0.2) is 31.3 Å². The number of rotatable bonds is 5. The summed E-state index contributed by atoms with van der Waals surface area (Å²) >= 11 is 0. The molecule has 1 aromatic heterocycles. The Hall–Kier alpha value is -3.46. The third-order valence-corrected chi connectivity index (χ3v) is 5.21. The van der Waals surface area contributed by atoms with Crippen molar-refractivity contribution in [3.63, 3.8) is 0 Å². The van der Waals surface area contributed by atoms with Gasteiger partial charge in [-0.2, -0.15) is 5.10 Å². The van der Waals surface area contributed by atoms with E-state index < -0.39 is 22.0 Å². The lowest BCUT2D eigenvalue weighted by Crippen LogP contribution is -2.26. The molecule has 0 radical (unpaired) electrons. The van der Waals surface area contributed by atoms with E-state index in [2.05, 4.69) is 9.82 Å². The van der Waals surface area contributed by atoms with E-state index in [0.717, 1.165) is 11.8 Å². The zero-order valence-electron chi connectivity index (χ0n) is 15.9. The van der Waals surface area contributed by atoms with Gasteiger partial charge in [0, 0.05) is 12.1 Å². The third-order valence-electron chi connectivity index (χ3n) is 4.60. The van der Waals surface area contributed by atoms with Crippen molar-refractivity contribution in [3.8, 4) is 0 Å². The van der Waals surface area contributed by atoms with Crippen molar-refractivity contribution in [2.75, 3.05) is 11.0 Å². The maximum Gasteiger partial charge on any atom is 0.310 e. The van der Waals surface area contributed by atoms with Crippen molar-refractivity contribution in [2.24, 2.45) is 5.10 Å². The highest BCUT2D eigenvalue weighted by Gasteiger charge is 2.34. The van der Waals surface area contributed by atoms with E-state index in [1.807, 2.05) is 0 Å². The maximum absolute atomic E-state index is 13.4. The molecular formula is C21H18FN3O4S. The summed E-state index contributed by atoms with van der Waals surface area (Å²) in [5.74, 6) is -0.657. The van der Waals surface area contributed by atoms with Gasteiger partial charge in [0.15, 0.2) is 5.76 Å². The molecule has 0 saturated heterocycles. The van der Waals surface area contributed by atoms with E-state index in [1.165, 1.54) is 23.4 Å². The van der Waals surface area contributed by atoms with Gasteiger partial charge in [-0.05, 0) is 47.5 Å². The van der Waals surface area contributed by atoms with Gasteiger partial charge in [0.25, 0.3) is 0 Å². The Morgan fingerprint density at radius 3 is 2.60 bits per heavy atom. The van der Waals surface area contributed by atoms with Crippen LogP contribution in [-0.2, 0) is 10.0 Å². The fourth-order valence-corrected chi connectivity index (χ4v) is 3.86. The molecule has 0 fully saturated rings. The second-order valence-corrected chi connectivity index (χ2v) is 8.65. The zero-order chi connectivity index (χ0) is 21.3. The minimum atomic E-state index is -3.43. The van der Waals surface area contributed by atoms with Crippen molar-refractivity contribution in [3.05, 3.63) is 89.6 Å². The zero-order valence-corrected chi connectivity index (χ0v) is 16.8. The number of halogens is 1. The number of amides is 1. The summed E-state index contributed by atoms with van der Waals surface area (Å²) in [5.41, 5.74) is 2.39. The van der Waals surface area contributed by atoms with Gasteiger partial charge in [0.05, 0.1) is 24.3 Å². The van der Waals surface area contributed by atoms with E-state index in [-0.39, 0.29) is 11.6 Å². The van der Waals surface area contributed by atoms with Crippen LogP contribution in [0.5, 0.6) is 0 Å². The molecule has 1 amide bonds. The molecule has 30 heavy (non-hydrogen) atoms. The van der Waals surface area contributed by atoms with Crippen LogP contribution in [0.25, 0.3) is 0 Å². The van der Waals surface area contributed by atoms with Crippen molar-refractivity contribution in [2.45, 2.75) is 12.5 Å². The molecule has 3 aromatic rings. The van der Waals surface area contributed by atoms with Gasteiger partial charge in [-0.3, -0.25) is 9.52 Å². The van der Waals surface area contributed by atoms with Crippen LogP contribution in [0.15, 0.2) is 76.4 Å². The lowest BCUT2D eigenvalue weighted by atomic mass is 9.98. The molecule has 1 aliphatic heterocycles. The van der Waals surface area contributed by atoms with Crippen LogP contribution in [0.1, 0.15) is 34.1 Å². The van der Waals surface area contributed by atoms with Crippen molar-refractivity contribution >= 4 is 27.3 Å². The number of anilines is 1. The normalized spacial score (nSPS) is 16.4. The lowest BCUT2D eigenvalue weighted by molar-refractivity contribution is 0.0678. The molecule has 9 heteroatoms. The average molecular weight is 427 g/mol. The Bertz CT molecular complexity index is 1210. The summed E-state index contributed by atoms with van der Waals surface area (Å²) in [6, 6.07) is 15.4. The monoisotopic (exact) mass is 427 g/mol. The largest absolute Gasteiger partial charge is 0.459 e. The van der Waals surface area contributed by atoms with Crippen molar-refractivity contribution < 1.29 is 22.0 Å².